The number of ether oxygens (including phenoxy) is 2. The quantitative estimate of drug-likeness (QED) is 0.505. The lowest BCUT2D eigenvalue weighted by molar-refractivity contribution is -0.274. The molecule has 0 aliphatic carbocycles. The fourth-order valence-electron chi connectivity index (χ4n) is 2.76. The van der Waals surface area contributed by atoms with E-state index >= 15 is 0 Å². The Morgan fingerprint density at radius 2 is 1.90 bits per heavy atom. The SMILES string of the molecule is CNc1nc(OCc2cccc(OC(F)(F)F)c2)n(Cc2ccc(Cl)cc2)c1C=O. The Labute approximate surface area is 175 Å². The zero-order chi connectivity index (χ0) is 21.7. The highest BCUT2D eigenvalue weighted by molar-refractivity contribution is 6.30. The molecule has 0 spiro atoms. The molecule has 0 radical (unpaired) electrons. The topological polar surface area (TPSA) is 65.4 Å². The lowest BCUT2D eigenvalue weighted by Gasteiger charge is -2.12. The van der Waals surface area contributed by atoms with E-state index < -0.39 is 6.36 Å². The summed E-state index contributed by atoms with van der Waals surface area (Å²) in [6, 6.07) is 12.6. The van der Waals surface area contributed by atoms with E-state index in [2.05, 4.69) is 15.0 Å². The van der Waals surface area contributed by atoms with Crippen molar-refractivity contribution in [2.24, 2.45) is 0 Å². The van der Waals surface area contributed by atoms with Crippen LogP contribution in [0.3, 0.4) is 0 Å². The molecule has 3 rings (SSSR count). The number of hydrogen-bond acceptors (Lipinski definition) is 5. The Bertz CT molecular complexity index is 1020. The smallest absolute Gasteiger partial charge is 0.460 e. The van der Waals surface area contributed by atoms with Gasteiger partial charge < -0.3 is 14.8 Å². The van der Waals surface area contributed by atoms with Gasteiger partial charge in [-0.05, 0) is 35.4 Å². The second kappa shape index (κ2) is 9.08. The first-order valence-corrected chi connectivity index (χ1v) is 9.12. The number of nitrogens with zero attached hydrogens (tertiary/aromatic N) is 2. The van der Waals surface area contributed by atoms with E-state index in [1.54, 1.807) is 41.9 Å². The number of aldehydes is 1. The Hall–Kier alpha value is -3.20. The average Bonchev–Trinajstić information content (AvgIpc) is 3.03. The molecule has 1 N–H and O–H groups in total. The van der Waals surface area contributed by atoms with E-state index in [1.807, 2.05) is 0 Å². The number of alkyl halides is 3. The van der Waals surface area contributed by atoms with Crippen LogP contribution in [0.5, 0.6) is 11.8 Å². The van der Waals surface area contributed by atoms with Gasteiger partial charge in [0.05, 0.1) is 6.54 Å². The van der Waals surface area contributed by atoms with Crippen LogP contribution in [0.25, 0.3) is 0 Å². The van der Waals surface area contributed by atoms with Crippen molar-refractivity contribution in [1.82, 2.24) is 9.55 Å². The Morgan fingerprint density at radius 3 is 2.53 bits per heavy atom. The first kappa shape index (κ1) is 21.5. The minimum absolute atomic E-state index is 0.0753. The van der Waals surface area contributed by atoms with Crippen molar-refractivity contribution >= 4 is 23.7 Å². The molecule has 0 fully saturated rings. The number of anilines is 1. The number of nitrogens with one attached hydrogen (secondary N) is 1. The average molecular weight is 440 g/mol. The lowest BCUT2D eigenvalue weighted by Crippen LogP contribution is -2.17. The van der Waals surface area contributed by atoms with Crippen molar-refractivity contribution in [1.29, 1.82) is 0 Å². The standard InChI is InChI=1S/C20H17ClF3N3O3/c1-25-18-17(11-28)27(10-13-5-7-15(21)8-6-13)19(26-18)29-12-14-3-2-4-16(9-14)30-20(22,23)24/h2-9,11,25H,10,12H2,1H3. The van der Waals surface area contributed by atoms with Gasteiger partial charge >= 0.3 is 6.36 Å². The minimum atomic E-state index is -4.78. The third-order valence-corrected chi connectivity index (χ3v) is 4.33. The molecule has 0 aliphatic heterocycles. The van der Waals surface area contributed by atoms with E-state index in [4.69, 9.17) is 16.3 Å². The fourth-order valence-corrected chi connectivity index (χ4v) is 2.89. The maximum atomic E-state index is 12.4. The molecule has 10 heteroatoms. The molecular formula is C20H17ClF3N3O3. The Kier molecular flexibility index (Phi) is 6.51. The normalized spacial score (nSPS) is 11.2. The summed E-state index contributed by atoms with van der Waals surface area (Å²) in [6.45, 7) is 0.209. The summed E-state index contributed by atoms with van der Waals surface area (Å²) >= 11 is 5.91. The molecular weight excluding hydrogens is 423 g/mol. The van der Waals surface area contributed by atoms with Gasteiger partial charge in [-0.25, -0.2) is 0 Å². The van der Waals surface area contributed by atoms with Crippen molar-refractivity contribution in [3.8, 4) is 11.8 Å². The van der Waals surface area contributed by atoms with Gasteiger partial charge in [-0.15, -0.1) is 13.2 Å². The summed E-state index contributed by atoms with van der Waals surface area (Å²) < 4.78 is 48.5. The number of imidazole rings is 1. The Morgan fingerprint density at radius 1 is 1.17 bits per heavy atom. The summed E-state index contributed by atoms with van der Waals surface area (Å²) in [4.78, 5) is 15.9. The van der Waals surface area contributed by atoms with Crippen LogP contribution in [0.1, 0.15) is 21.6 Å². The van der Waals surface area contributed by atoms with Crippen LogP contribution in [0, 0.1) is 0 Å². The first-order chi connectivity index (χ1) is 14.3. The zero-order valence-electron chi connectivity index (χ0n) is 15.7. The number of halogens is 4. The van der Waals surface area contributed by atoms with E-state index in [0.29, 0.717) is 22.7 Å². The van der Waals surface area contributed by atoms with Crippen molar-refractivity contribution in [3.63, 3.8) is 0 Å². The maximum absolute atomic E-state index is 12.4. The van der Waals surface area contributed by atoms with Crippen LogP contribution in [-0.2, 0) is 13.2 Å². The molecule has 0 atom stereocenters. The molecule has 0 amide bonds. The van der Waals surface area contributed by atoms with Gasteiger partial charge in [-0.3, -0.25) is 9.36 Å². The number of benzene rings is 2. The summed E-state index contributed by atoms with van der Waals surface area (Å²) in [5.41, 5.74) is 1.57. The van der Waals surface area contributed by atoms with Gasteiger partial charge in [0, 0.05) is 12.1 Å². The third kappa shape index (κ3) is 5.44. The van der Waals surface area contributed by atoms with Crippen LogP contribution >= 0.6 is 11.6 Å². The number of aromatic nitrogens is 2. The van der Waals surface area contributed by atoms with Gasteiger partial charge in [-0.2, -0.15) is 4.98 Å². The largest absolute Gasteiger partial charge is 0.573 e. The van der Waals surface area contributed by atoms with Gasteiger partial charge in [0.15, 0.2) is 12.1 Å². The molecule has 0 aliphatic rings. The van der Waals surface area contributed by atoms with E-state index in [0.717, 1.165) is 5.56 Å². The van der Waals surface area contributed by atoms with Crippen LogP contribution in [0.15, 0.2) is 48.5 Å². The minimum Gasteiger partial charge on any atom is -0.460 e. The molecule has 3 aromatic rings. The summed E-state index contributed by atoms with van der Waals surface area (Å²) in [5.74, 6) is -0.0271. The summed E-state index contributed by atoms with van der Waals surface area (Å²) in [5, 5.41) is 3.40. The second-order valence-electron chi connectivity index (χ2n) is 6.19. The molecule has 0 saturated carbocycles. The predicted octanol–water partition coefficient (Wildman–Crippen LogP) is 4.92. The van der Waals surface area contributed by atoms with Crippen LogP contribution in [0.2, 0.25) is 5.02 Å². The highest BCUT2D eigenvalue weighted by Crippen LogP contribution is 2.26. The monoisotopic (exact) mass is 439 g/mol. The van der Waals surface area contributed by atoms with Crippen molar-refractivity contribution in [3.05, 3.63) is 70.4 Å². The molecule has 0 bridgehead atoms. The zero-order valence-corrected chi connectivity index (χ0v) is 16.5. The predicted molar refractivity (Wildman–Crippen MR) is 105 cm³/mol. The van der Waals surface area contributed by atoms with Crippen molar-refractivity contribution in [2.75, 3.05) is 12.4 Å². The molecule has 0 saturated heterocycles. The van der Waals surface area contributed by atoms with E-state index in [1.165, 1.54) is 18.2 Å². The van der Waals surface area contributed by atoms with Crippen molar-refractivity contribution in [2.45, 2.75) is 19.5 Å². The molecule has 6 nitrogen and oxygen atoms in total. The Balaban J connectivity index is 1.83. The maximum Gasteiger partial charge on any atom is 0.573 e. The van der Waals surface area contributed by atoms with Crippen molar-refractivity contribution < 1.29 is 27.4 Å². The van der Waals surface area contributed by atoms with Gasteiger partial charge in [0.25, 0.3) is 6.01 Å². The summed E-state index contributed by atoms with van der Waals surface area (Å²) in [6.07, 6.45) is -4.13. The van der Waals surface area contributed by atoms with Crippen LogP contribution < -0.4 is 14.8 Å². The van der Waals surface area contributed by atoms with Gasteiger partial charge in [-0.1, -0.05) is 35.9 Å². The molecule has 30 heavy (non-hydrogen) atoms. The lowest BCUT2D eigenvalue weighted by atomic mass is 10.2. The van der Waals surface area contributed by atoms with E-state index in [-0.39, 0.29) is 30.6 Å². The fraction of sp³-hybridized carbons (Fsp3) is 0.200. The number of hydrogen-bond donors (Lipinski definition) is 1. The van der Waals surface area contributed by atoms with E-state index in [9.17, 15) is 18.0 Å². The molecule has 1 aromatic heterocycles. The van der Waals surface area contributed by atoms with Crippen LogP contribution in [0.4, 0.5) is 19.0 Å². The third-order valence-electron chi connectivity index (χ3n) is 4.07. The second-order valence-corrected chi connectivity index (χ2v) is 6.63. The molecule has 158 valence electrons. The molecule has 2 aromatic carbocycles. The summed E-state index contributed by atoms with van der Waals surface area (Å²) in [7, 11) is 1.61. The van der Waals surface area contributed by atoms with Gasteiger partial charge in [0.1, 0.15) is 18.1 Å². The highest BCUT2D eigenvalue weighted by atomic mass is 35.5. The van der Waals surface area contributed by atoms with Gasteiger partial charge in [0.2, 0.25) is 0 Å². The van der Waals surface area contributed by atoms with Crippen LogP contribution in [-0.4, -0.2) is 29.2 Å². The number of rotatable bonds is 8. The first-order valence-electron chi connectivity index (χ1n) is 8.74. The number of carbonyl (C=O) groups excluding carboxylic acids is 1. The molecule has 0 unspecified atom stereocenters. The molecule has 1 heterocycles. The highest BCUT2D eigenvalue weighted by Gasteiger charge is 2.31. The number of carbonyl (C=O) groups is 1.